The van der Waals surface area contributed by atoms with Gasteiger partial charge in [-0.15, -0.1) is 0 Å². The normalized spacial score (nSPS) is 14.7. The fraction of sp³-hybridized carbons (Fsp3) is 0.759. The number of rotatable bonds is 16. The fourth-order valence-electron chi connectivity index (χ4n) is 4.82. The molecular weight excluding hydrogens is 470 g/mol. The van der Waals surface area contributed by atoms with Gasteiger partial charge in [0.15, 0.2) is 11.5 Å². The smallest absolute Gasteiger partial charge is 0.315 e. The van der Waals surface area contributed by atoms with Crippen LogP contribution in [0.25, 0.3) is 0 Å². The average molecular weight is 524 g/mol. The lowest BCUT2D eigenvalue weighted by Gasteiger charge is -2.33. The zero-order chi connectivity index (χ0) is 28.2. The maximum atomic E-state index is 12.4. The quantitative estimate of drug-likeness (QED) is 0.237. The summed E-state index contributed by atoms with van der Waals surface area (Å²) in [5, 5.41) is 16.5. The van der Waals surface area contributed by atoms with Crippen molar-refractivity contribution in [3.63, 3.8) is 0 Å². The first kappa shape index (κ1) is 33.0. The van der Waals surface area contributed by atoms with Crippen molar-refractivity contribution in [2.45, 2.75) is 91.8 Å². The Hall–Kier alpha value is -2.03. The minimum Gasteiger partial charge on any atom is -0.493 e. The van der Waals surface area contributed by atoms with E-state index in [2.05, 4.69) is 45.3 Å². The lowest BCUT2D eigenvalue weighted by atomic mass is 9.82. The van der Waals surface area contributed by atoms with E-state index in [1.807, 2.05) is 32.0 Å². The van der Waals surface area contributed by atoms with Gasteiger partial charge >= 0.3 is 6.03 Å². The molecule has 3 atom stereocenters. The molecule has 0 saturated carbocycles. The summed E-state index contributed by atoms with van der Waals surface area (Å²) in [5.41, 5.74) is 7.25. The Morgan fingerprint density at radius 3 is 2.32 bits per heavy atom. The minimum absolute atomic E-state index is 0.0886. The third kappa shape index (κ3) is 13.4. The second kappa shape index (κ2) is 15.4. The summed E-state index contributed by atoms with van der Waals surface area (Å²) in [7, 11) is 3.31. The van der Waals surface area contributed by atoms with Crippen molar-refractivity contribution >= 4 is 6.03 Å². The third-order valence-corrected chi connectivity index (χ3v) is 6.38. The van der Waals surface area contributed by atoms with E-state index in [0.717, 1.165) is 24.8 Å². The molecule has 2 amide bonds. The SMILES string of the molecule is COCCCOc1cc(C[C@@H](C[C@H](N)[C@@H](O)CNC(=O)NC(C)(C)CC(C)(C)C)C(C)C)ccc1OC. The molecule has 0 heterocycles. The van der Waals surface area contributed by atoms with Crippen LogP contribution in [-0.2, 0) is 11.2 Å². The molecule has 0 bridgehead atoms. The van der Waals surface area contributed by atoms with E-state index in [0.29, 0.717) is 37.1 Å². The molecule has 214 valence electrons. The Labute approximate surface area is 225 Å². The summed E-state index contributed by atoms with van der Waals surface area (Å²) in [6, 6.07) is 5.24. The van der Waals surface area contributed by atoms with Crippen LogP contribution in [0.1, 0.15) is 73.3 Å². The molecule has 5 N–H and O–H groups in total. The van der Waals surface area contributed by atoms with Gasteiger partial charge in [0.25, 0.3) is 0 Å². The van der Waals surface area contributed by atoms with Gasteiger partial charge in [-0.2, -0.15) is 0 Å². The first-order valence-corrected chi connectivity index (χ1v) is 13.5. The van der Waals surface area contributed by atoms with Gasteiger partial charge in [0.05, 0.1) is 19.8 Å². The average Bonchev–Trinajstić information content (AvgIpc) is 2.77. The molecule has 8 heteroatoms. The zero-order valence-corrected chi connectivity index (χ0v) is 24.6. The number of aliphatic hydroxyl groups is 1. The van der Waals surface area contributed by atoms with Crippen LogP contribution in [0.3, 0.4) is 0 Å². The Kier molecular flexibility index (Phi) is 13.7. The van der Waals surface area contributed by atoms with Gasteiger partial charge in [0, 0.05) is 38.3 Å². The highest BCUT2D eigenvalue weighted by Gasteiger charge is 2.28. The van der Waals surface area contributed by atoms with E-state index in [1.165, 1.54) is 0 Å². The molecule has 1 rings (SSSR count). The van der Waals surface area contributed by atoms with E-state index in [9.17, 15) is 9.90 Å². The van der Waals surface area contributed by atoms with Crippen molar-refractivity contribution in [1.29, 1.82) is 0 Å². The highest BCUT2D eigenvalue weighted by molar-refractivity contribution is 5.74. The van der Waals surface area contributed by atoms with Crippen molar-refractivity contribution in [3.8, 4) is 11.5 Å². The third-order valence-electron chi connectivity index (χ3n) is 6.38. The predicted molar refractivity (Wildman–Crippen MR) is 150 cm³/mol. The number of aliphatic hydroxyl groups excluding tert-OH is 1. The molecule has 0 aromatic heterocycles. The molecule has 0 saturated heterocycles. The van der Waals surface area contributed by atoms with Gasteiger partial charge in [-0.05, 0) is 68.1 Å². The van der Waals surface area contributed by atoms with E-state index in [1.54, 1.807) is 14.2 Å². The Morgan fingerprint density at radius 2 is 1.76 bits per heavy atom. The van der Waals surface area contributed by atoms with Crippen molar-refractivity contribution in [2.75, 3.05) is 34.0 Å². The number of methoxy groups -OCH3 is 2. The second-order valence-corrected chi connectivity index (χ2v) is 12.3. The largest absolute Gasteiger partial charge is 0.493 e. The minimum atomic E-state index is -0.840. The van der Waals surface area contributed by atoms with Gasteiger partial charge in [0.1, 0.15) is 0 Å². The molecule has 37 heavy (non-hydrogen) atoms. The van der Waals surface area contributed by atoms with Gasteiger partial charge in [-0.25, -0.2) is 4.79 Å². The summed E-state index contributed by atoms with van der Waals surface area (Å²) >= 11 is 0. The number of hydrogen-bond acceptors (Lipinski definition) is 6. The van der Waals surface area contributed by atoms with E-state index in [4.69, 9.17) is 19.9 Å². The highest BCUT2D eigenvalue weighted by Crippen LogP contribution is 2.31. The molecular formula is C29H53N3O5. The van der Waals surface area contributed by atoms with Gasteiger partial charge in [-0.1, -0.05) is 40.7 Å². The summed E-state index contributed by atoms with van der Waals surface area (Å²) in [5.74, 6) is 2.02. The van der Waals surface area contributed by atoms with E-state index < -0.39 is 12.1 Å². The van der Waals surface area contributed by atoms with Crippen LogP contribution in [0.2, 0.25) is 0 Å². The number of urea groups is 1. The predicted octanol–water partition coefficient (Wildman–Crippen LogP) is 4.52. The summed E-state index contributed by atoms with van der Waals surface area (Å²) in [4.78, 5) is 12.4. The topological polar surface area (TPSA) is 115 Å². The van der Waals surface area contributed by atoms with Crippen molar-refractivity contribution < 1.29 is 24.1 Å². The van der Waals surface area contributed by atoms with E-state index in [-0.39, 0.29) is 29.4 Å². The lowest BCUT2D eigenvalue weighted by molar-refractivity contribution is 0.124. The zero-order valence-electron chi connectivity index (χ0n) is 24.6. The molecule has 0 unspecified atom stereocenters. The molecule has 0 spiro atoms. The van der Waals surface area contributed by atoms with Crippen molar-refractivity contribution in [2.24, 2.45) is 23.0 Å². The molecule has 8 nitrogen and oxygen atoms in total. The number of carbonyl (C=O) groups is 1. The molecule has 0 aliphatic heterocycles. The summed E-state index contributed by atoms with van der Waals surface area (Å²) in [6.45, 7) is 16.1. The molecule has 0 radical (unpaired) electrons. The standard InChI is InChI=1S/C29H53N3O5/c1-20(2)22(15-21-11-12-25(36-9)26(16-21)37-14-10-13-35-8)17-23(30)24(33)18-31-27(34)32-29(6,7)19-28(3,4)5/h11-12,16,20,22-24,33H,10,13-15,17-19,30H2,1-9H3,(H2,31,32,34)/t22-,23-,24-/m0/s1. The van der Waals surface area contributed by atoms with Gasteiger partial charge < -0.3 is 35.7 Å². The number of benzene rings is 1. The van der Waals surface area contributed by atoms with Gasteiger partial charge in [-0.3, -0.25) is 0 Å². The van der Waals surface area contributed by atoms with Crippen LogP contribution in [0.4, 0.5) is 4.79 Å². The first-order valence-electron chi connectivity index (χ1n) is 13.5. The summed E-state index contributed by atoms with van der Waals surface area (Å²) in [6.07, 6.45) is 2.22. The fourth-order valence-corrected chi connectivity index (χ4v) is 4.82. The van der Waals surface area contributed by atoms with Crippen LogP contribution < -0.4 is 25.8 Å². The van der Waals surface area contributed by atoms with Crippen LogP contribution in [0.15, 0.2) is 18.2 Å². The van der Waals surface area contributed by atoms with Crippen molar-refractivity contribution in [1.82, 2.24) is 10.6 Å². The number of amides is 2. The first-order chi connectivity index (χ1) is 17.2. The monoisotopic (exact) mass is 523 g/mol. The molecule has 0 aliphatic rings. The van der Waals surface area contributed by atoms with Crippen LogP contribution >= 0.6 is 0 Å². The van der Waals surface area contributed by atoms with Crippen LogP contribution in [-0.4, -0.2) is 62.8 Å². The number of hydrogen-bond donors (Lipinski definition) is 4. The number of nitrogens with one attached hydrogen (secondary N) is 2. The maximum Gasteiger partial charge on any atom is 0.315 e. The number of nitrogens with two attached hydrogens (primary N) is 1. The van der Waals surface area contributed by atoms with Crippen LogP contribution in [0.5, 0.6) is 11.5 Å². The molecule has 0 fully saturated rings. The lowest BCUT2D eigenvalue weighted by Crippen LogP contribution is -2.52. The molecule has 1 aromatic carbocycles. The number of carbonyl (C=O) groups excluding carboxylic acids is 1. The Bertz CT molecular complexity index is 807. The highest BCUT2D eigenvalue weighted by atomic mass is 16.5. The molecule has 1 aromatic rings. The second-order valence-electron chi connectivity index (χ2n) is 12.3. The Balaban J connectivity index is 2.70. The summed E-state index contributed by atoms with van der Waals surface area (Å²) < 4.78 is 16.5. The van der Waals surface area contributed by atoms with Crippen molar-refractivity contribution in [3.05, 3.63) is 23.8 Å². The number of ether oxygens (including phenoxy) is 3. The Morgan fingerprint density at radius 1 is 1.08 bits per heavy atom. The van der Waals surface area contributed by atoms with Crippen LogP contribution in [0, 0.1) is 17.3 Å². The van der Waals surface area contributed by atoms with E-state index >= 15 is 0 Å². The maximum absolute atomic E-state index is 12.4. The molecule has 0 aliphatic carbocycles. The van der Waals surface area contributed by atoms with Gasteiger partial charge in [0.2, 0.25) is 0 Å².